The fraction of sp³-hybridized carbons (Fsp3) is 0.538. The van der Waals surface area contributed by atoms with Crippen LogP contribution < -0.4 is 16.0 Å². The maximum atomic E-state index is 12.0. The Morgan fingerprint density at radius 1 is 1.50 bits per heavy atom. The topological polar surface area (TPSA) is 71.2 Å². The van der Waals surface area contributed by atoms with E-state index in [2.05, 4.69) is 10.3 Å². The first-order valence-corrected chi connectivity index (χ1v) is 6.10. The molecule has 1 amide bonds. The summed E-state index contributed by atoms with van der Waals surface area (Å²) in [5.41, 5.74) is 5.78. The molecule has 1 heterocycles. The van der Waals surface area contributed by atoms with Crippen molar-refractivity contribution >= 4 is 17.4 Å². The van der Waals surface area contributed by atoms with Gasteiger partial charge in [-0.2, -0.15) is 0 Å². The Kier molecular flexibility index (Phi) is 4.67. The van der Waals surface area contributed by atoms with Gasteiger partial charge in [-0.1, -0.05) is 13.3 Å². The minimum absolute atomic E-state index is 0.177. The zero-order chi connectivity index (χ0) is 13.8. The summed E-state index contributed by atoms with van der Waals surface area (Å²) in [6, 6.07) is 3.67. The van der Waals surface area contributed by atoms with E-state index < -0.39 is 5.54 Å². The van der Waals surface area contributed by atoms with Crippen molar-refractivity contribution in [3.63, 3.8) is 0 Å². The molecule has 1 atom stereocenters. The summed E-state index contributed by atoms with van der Waals surface area (Å²) in [7, 11) is 3.83. The molecule has 3 N–H and O–H groups in total. The molecule has 1 rings (SSSR count). The minimum atomic E-state index is -0.838. The van der Waals surface area contributed by atoms with Crippen molar-refractivity contribution in [3.8, 4) is 0 Å². The molecule has 0 aromatic carbocycles. The second-order valence-corrected chi connectivity index (χ2v) is 4.92. The molecule has 0 aliphatic carbocycles. The van der Waals surface area contributed by atoms with E-state index in [1.165, 1.54) is 0 Å². The molecular weight excluding hydrogens is 228 g/mol. The first-order chi connectivity index (χ1) is 8.36. The molecule has 0 spiro atoms. The molecule has 0 aliphatic heterocycles. The summed E-state index contributed by atoms with van der Waals surface area (Å²) in [6.07, 6.45) is 3.16. The first kappa shape index (κ1) is 14.4. The third-order valence-electron chi connectivity index (χ3n) is 2.75. The van der Waals surface area contributed by atoms with Crippen LogP contribution in [-0.2, 0) is 4.79 Å². The number of nitrogens with one attached hydrogen (secondary N) is 1. The molecule has 0 radical (unpaired) electrons. The van der Waals surface area contributed by atoms with E-state index in [9.17, 15) is 4.79 Å². The van der Waals surface area contributed by atoms with Gasteiger partial charge in [0.1, 0.15) is 5.82 Å². The van der Waals surface area contributed by atoms with Gasteiger partial charge in [0.05, 0.1) is 17.4 Å². The van der Waals surface area contributed by atoms with Gasteiger partial charge in [-0.15, -0.1) is 0 Å². The molecule has 0 bridgehead atoms. The maximum Gasteiger partial charge on any atom is 0.244 e. The number of nitrogens with zero attached hydrogens (tertiary/aromatic N) is 2. The van der Waals surface area contributed by atoms with Crippen molar-refractivity contribution in [2.45, 2.75) is 32.2 Å². The summed E-state index contributed by atoms with van der Waals surface area (Å²) in [5.74, 6) is 0.667. The van der Waals surface area contributed by atoms with Crippen LogP contribution in [-0.4, -0.2) is 30.5 Å². The third kappa shape index (κ3) is 3.70. The van der Waals surface area contributed by atoms with Crippen LogP contribution in [0.3, 0.4) is 0 Å². The number of hydrogen-bond acceptors (Lipinski definition) is 4. The number of anilines is 2. The monoisotopic (exact) mass is 250 g/mol. The zero-order valence-electron chi connectivity index (χ0n) is 11.5. The number of carbonyl (C=O) groups is 1. The summed E-state index contributed by atoms with van der Waals surface area (Å²) in [4.78, 5) is 18.1. The van der Waals surface area contributed by atoms with Crippen molar-refractivity contribution in [3.05, 3.63) is 18.3 Å². The van der Waals surface area contributed by atoms with Crippen LogP contribution in [0.2, 0.25) is 0 Å². The van der Waals surface area contributed by atoms with E-state index >= 15 is 0 Å². The third-order valence-corrected chi connectivity index (χ3v) is 2.75. The van der Waals surface area contributed by atoms with Gasteiger partial charge in [0.25, 0.3) is 0 Å². The predicted molar refractivity (Wildman–Crippen MR) is 74.7 cm³/mol. The molecule has 1 aromatic heterocycles. The highest BCUT2D eigenvalue weighted by atomic mass is 16.2. The summed E-state index contributed by atoms with van der Waals surface area (Å²) in [6.45, 7) is 3.75. The van der Waals surface area contributed by atoms with Crippen molar-refractivity contribution in [2.75, 3.05) is 24.3 Å². The Balaban J connectivity index is 2.70. The van der Waals surface area contributed by atoms with Crippen LogP contribution in [0, 0.1) is 0 Å². The molecule has 0 saturated heterocycles. The smallest absolute Gasteiger partial charge is 0.244 e. The molecule has 0 aliphatic rings. The maximum absolute atomic E-state index is 12.0. The highest BCUT2D eigenvalue weighted by Crippen LogP contribution is 2.15. The van der Waals surface area contributed by atoms with Crippen LogP contribution in [0.5, 0.6) is 0 Å². The number of amides is 1. The standard InChI is InChI=1S/C13H22N4O/c1-5-8-13(2,14)12(18)16-10-6-7-11(15-9-10)17(3)4/h6-7,9H,5,8,14H2,1-4H3,(H,16,18). The van der Waals surface area contributed by atoms with Gasteiger partial charge in [0.15, 0.2) is 0 Å². The van der Waals surface area contributed by atoms with E-state index in [1.54, 1.807) is 13.1 Å². The van der Waals surface area contributed by atoms with E-state index in [-0.39, 0.29) is 5.91 Å². The molecule has 18 heavy (non-hydrogen) atoms. The van der Waals surface area contributed by atoms with Crippen molar-refractivity contribution in [2.24, 2.45) is 5.73 Å². The molecule has 0 fully saturated rings. The van der Waals surface area contributed by atoms with Crippen LogP contribution in [0.4, 0.5) is 11.5 Å². The molecule has 1 aromatic rings. The van der Waals surface area contributed by atoms with Gasteiger partial charge >= 0.3 is 0 Å². The summed E-state index contributed by atoms with van der Waals surface area (Å²) in [5, 5.41) is 2.79. The predicted octanol–water partition coefficient (Wildman–Crippen LogP) is 1.60. The second-order valence-electron chi connectivity index (χ2n) is 4.92. The van der Waals surface area contributed by atoms with Gasteiger partial charge in [0, 0.05) is 14.1 Å². The van der Waals surface area contributed by atoms with E-state index in [4.69, 9.17) is 5.73 Å². The Morgan fingerprint density at radius 2 is 2.17 bits per heavy atom. The van der Waals surface area contributed by atoms with Crippen molar-refractivity contribution < 1.29 is 4.79 Å². The molecule has 5 heteroatoms. The molecule has 1 unspecified atom stereocenters. The number of hydrogen-bond donors (Lipinski definition) is 2. The number of pyridine rings is 1. The Labute approximate surface area is 108 Å². The van der Waals surface area contributed by atoms with Gasteiger partial charge in [0.2, 0.25) is 5.91 Å². The lowest BCUT2D eigenvalue weighted by atomic mass is 9.96. The molecule has 5 nitrogen and oxygen atoms in total. The van der Waals surface area contributed by atoms with E-state index in [0.717, 1.165) is 12.2 Å². The fourth-order valence-electron chi connectivity index (χ4n) is 1.63. The number of carbonyl (C=O) groups excluding carboxylic acids is 1. The van der Waals surface area contributed by atoms with Crippen molar-refractivity contribution in [1.82, 2.24) is 4.98 Å². The number of aromatic nitrogens is 1. The molecule has 100 valence electrons. The van der Waals surface area contributed by atoms with Crippen LogP contribution >= 0.6 is 0 Å². The largest absolute Gasteiger partial charge is 0.363 e. The van der Waals surface area contributed by atoms with Crippen LogP contribution in [0.1, 0.15) is 26.7 Å². The normalized spacial score (nSPS) is 13.8. The van der Waals surface area contributed by atoms with Crippen LogP contribution in [0.15, 0.2) is 18.3 Å². The lowest BCUT2D eigenvalue weighted by Crippen LogP contribution is -2.48. The van der Waals surface area contributed by atoms with E-state index in [1.807, 2.05) is 38.1 Å². The molecule has 0 saturated carbocycles. The fourth-order valence-corrected chi connectivity index (χ4v) is 1.63. The lowest BCUT2D eigenvalue weighted by Gasteiger charge is -2.22. The Morgan fingerprint density at radius 3 is 2.61 bits per heavy atom. The van der Waals surface area contributed by atoms with Gasteiger partial charge < -0.3 is 16.0 Å². The zero-order valence-corrected chi connectivity index (χ0v) is 11.5. The Hall–Kier alpha value is -1.62. The average molecular weight is 250 g/mol. The van der Waals surface area contributed by atoms with Crippen molar-refractivity contribution in [1.29, 1.82) is 0 Å². The summed E-state index contributed by atoms with van der Waals surface area (Å²) < 4.78 is 0. The Bertz CT molecular complexity index is 398. The second kappa shape index (κ2) is 5.82. The average Bonchev–Trinajstić information content (AvgIpc) is 2.29. The quantitative estimate of drug-likeness (QED) is 0.832. The van der Waals surface area contributed by atoms with Gasteiger partial charge in [-0.05, 0) is 25.5 Å². The van der Waals surface area contributed by atoms with Crippen LogP contribution in [0.25, 0.3) is 0 Å². The highest BCUT2D eigenvalue weighted by molar-refractivity contribution is 5.97. The highest BCUT2D eigenvalue weighted by Gasteiger charge is 2.27. The minimum Gasteiger partial charge on any atom is -0.363 e. The lowest BCUT2D eigenvalue weighted by molar-refractivity contribution is -0.120. The van der Waals surface area contributed by atoms with Gasteiger partial charge in [-0.3, -0.25) is 4.79 Å². The SMILES string of the molecule is CCCC(C)(N)C(=O)Nc1ccc(N(C)C)nc1. The number of nitrogens with two attached hydrogens (primary N) is 1. The summed E-state index contributed by atoms with van der Waals surface area (Å²) >= 11 is 0. The molecular formula is C13H22N4O. The van der Waals surface area contributed by atoms with E-state index in [0.29, 0.717) is 12.1 Å². The first-order valence-electron chi connectivity index (χ1n) is 6.10. The van der Waals surface area contributed by atoms with Gasteiger partial charge in [-0.25, -0.2) is 4.98 Å². The number of rotatable bonds is 5.